The number of nitrogens with one attached hydrogen (secondary N) is 1. The van der Waals surface area contributed by atoms with Crippen LogP contribution in [0.3, 0.4) is 0 Å². The van der Waals surface area contributed by atoms with Crippen LogP contribution in [0.5, 0.6) is 0 Å². The number of hydrogen-bond acceptors (Lipinski definition) is 2. The van der Waals surface area contributed by atoms with Crippen molar-refractivity contribution in [1.29, 1.82) is 0 Å². The highest BCUT2D eigenvalue weighted by Crippen LogP contribution is 2.21. The first-order chi connectivity index (χ1) is 9.65. The minimum atomic E-state index is 0.0223. The number of carbonyl (C=O) groups is 1. The van der Waals surface area contributed by atoms with E-state index < -0.39 is 0 Å². The van der Waals surface area contributed by atoms with Crippen LogP contribution >= 0.6 is 11.8 Å². The van der Waals surface area contributed by atoms with Crippen LogP contribution in [0.2, 0.25) is 0 Å². The first kappa shape index (κ1) is 14.7. The van der Waals surface area contributed by atoms with Crippen molar-refractivity contribution in [3.8, 4) is 0 Å². The highest BCUT2D eigenvalue weighted by atomic mass is 32.2. The maximum Gasteiger partial charge on any atom is 0.234 e. The summed E-state index contributed by atoms with van der Waals surface area (Å²) in [4.78, 5) is 13.0. The van der Waals surface area contributed by atoms with Crippen LogP contribution in [-0.2, 0) is 4.79 Å². The van der Waals surface area contributed by atoms with Crippen molar-refractivity contribution in [2.45, 2.75) is 24.7 Å². The van der Waals surface area contributed by atoms with Crippen LogP contribution in [0.15, 0.2) is 59.5 Å². The summed E-state index contributed by atoms with van der Waals surface area (Å²) in [7, 11) is 0. The normalized spacial score (nSPS) is 10.6. The average Bonchev–Trinajstić information content (AvgIpc) is 2.46. The number of rotatable bonds is 5. The van der Waals surface area contributed by atoms with Crippen molar-refractivity contribution >= 4 is 23.4 Å². The summed E-state index contributed by atoms with van der Waals surface area (Å²) in [6.07, 6.45) is 0. The van der Waals surface area contributed by atoms with Gasteiger partial charge in [0.1, 0.15) is 0 Å². The van der Waals surface area contributed by atoms with Gasteiger partial charge in [-0.15, -0.1) is 11.8 Å². The number of anilines is 1. The Morgan fingerprint density at radius 2 is 1.70 bits per heavy atom. The third-order valence-corrected chi connectivity index (χ3v) is 3.99. The van der Waals surface area contributed by atoms with Gasteiger partial charge in [-0.2, -0.15) is 0 Å². The van der Waals surface area contributed by atoms with Crippen LogP contribution < -0.4 is 5.32 Å². The van der Waals surface area contributed by atoms with Crippen molar-refractivity contribution in [2.24, 2.45) is 0 Å². The first-order valence-corrected chi connectivity index (χ1v) is 7.71. The molecule has 0 radical (unpaired) electrons. The van der Waals surface area contributed by atoms with Crippen molar-refractivity contribution < 1.29 is 4.79 Å². The van der Waals surface area contributed by atoms with Crippen LogP contribution in [-0.4, -0.2) is 11.7 Å². The van der Waals surface area contributed by atoms with Crippen molar-refractivity contribution in [1.82, 2.24) is 0 Å². The fourth-order valence-corrected chi connectivity index (χ4v) is 2.51. The minimum absolute atomic E-state index is 0.0223. The maximum atomic E-state index is 11.8. The second-order valence-corrected chi connectivity index (χ2v) is 5.98. The predicted molar refractivity (Wildman–Crippen MR) is 86.3 cm³/mol. The molecule has 0 atom stereocenters. The molecule has 3 heteroatoms. The average molecular weight is 285 g/mol. The summed E-state index contributed by atoms with van der Waals surface area (Å²) >= 11 is 1.56. The Labute approximate surface area is 124 Å². The molecule has 0 heterocycles. The lowest BCUT2D eigenvalue weighted by molar-refractivity contribution is -0.113. The highest BCUT2D eigenvalue weighted by molar-refractivity contribution is 8.00. The maximum absolute atomic E-state index is 11.8. The van der Waals surface area contributed by atoms with E-state index in [-0.39, 0.29) is 5.91 Å². The summed E-state index contributed by atoms with van der Waals surface area (Å²) in [6, 6.07) is 17.9. The summed E-state index contributed by atoms with van der Waals surface area (Å²) in [6.45, 7) is 4.35. The third kappa shape index (κ3) is 4.42. The predicted octanol–water partition coefficient (Wildman–Crippen LogP) is 4.54. The molecular formula is C17H19NOS. The fourth-order valence-electron chi connectivity index (χ4n) is 1.82. The smallest absolute Gasteiger partial charge is 0.234 e. The van der Waals surface area contributed by atoms with Crippen molar-refractivity contribution in [3.05, 3.63) is 60.2 Å². The Morgan fingerprint density at radius 1 is 1.05 bits per heavy atom. The Kier molecular flexibility index (Phi) is 5.24. The van der Waals surface area contributed by atoms with Gasteiger partial charge in [0, 0.05) is 10.6 Å². The molecule has 1 N–H and O–H groups in total. The van der Waals surface area contributed by atoms with E-state index >= 15 is 0 Å². The zero-order valence-electron chi connectivity index (χ0n) is 11.8. The summed E-state index contributed by atoms with van der Waals surface area (Å²) in [5.41, 5.74) is 2.16. The van der Waals surface area contributed by atoms with Crippen LogP contribution in [0.1, 0.15) is 25.3 Å². The molecule has 0 spiro atoms. The molecule has 1 amide bonds. The van der Waals surface area contributed by atoms with E-state index in [9.17, 15) is 4.79 Å². The molecule has 0 aromatic heterocycles. The zero-order valence-corrected chi connectivity index (χ0v) is 12.6. The van der Waals surface area contributed by atoms with Gasteiger partial charge in [0.15, 0.2) is 0 Å². The molecule has 2 rings (SSSR count). The fraction of sp³-hybridized carbons (Fsp3) is 0.235. The molecule has 0 aliphatic carbocycles. The lowest BCUT2D eigenvalue weighted by Gasteiger charge is -2.07. The Hall–Kier alpha value is -1.74. The number of hydrogen-bond donors (Lipinski definition) is 1. The quantitative estimate of drug-likeness (QED) is 0.817. The van der Waals surface area contributed by atoms with E-state index in [0.29, 0.717) is 11.7 Å². The van der Waals surface area contributed by atoms with E-state index in [1.54, 1.807) is 11.8 Å². The molecule has 2 aromatic carbocycles. The van der Waals surface area contributed by atoms with Gasteiger partial charge in [-0.3, -0.25) is 4.79 Å². The summed E-state index contributed by atoms with van der Waals surface area (Å²) in [5.74, 6) is 0.986. The van der Waals surface area contributed by atoms with Crippen molar-refractivity contribution in [3.63, 3.8) is 0 Å². The lowest BCUT2D eigenvalue weighted by Crippen LogP contribution is -2.13. The second-order valence-electron chi connectivity index (χ2n) is 4.93. The van der Waals surface area contributed by atoms with Gasteiger partial charge < -0.3 is 5.32 Å². The Morgan fingerprint density at radius 3 is 2.30 bits per heavy atom. The molecule has 0 fully saturated rings. The molecule has 20 heavy (non-hydrogen) atoms. The van der Waals surface area contributed by atoms with E-state index in [4.69, 9.17) is 0 Å². The monoisotopic (exact) mass is 285 g/mol. The number of carbonyl (C=O) groups excluding carboxylic acids is 1. The van der Waals surface area contributed by atoms with Crippen molar-refractivity contribution in [2.75, 3.05) is 11.1 Å². The molecule has 0 saturated carbocycles. The van der Waals surface area contributed by atoms with Crippen LogP contribution in [0.25, 0.3) is 0 Å². The number of thioether (sulfide) groups is 1. The van der Waals surface area contributed by atoms with E-state index in [2.05, 4.69) is 43.4 Å². The Balaban J connectivity index is 1.84. The molecule has 0 aliphatic rings. The number of para-hydroxylation sites is 1. The van der Waals surface area contributed by atoms with Gasteiger partial charge in [-0.1, -0.05) is 44.2 Å². The Bertz CT molecular complexity index is 549. The lowest BCUT2D eigenvalue weighted by atomic mass is 10.0. The standard InChI is InChI=1S/C17H19NOS/c1-13(2)14-8-10-16(11-9-14)20-12-17(19)18-15-6-4-3-5-7-15/h3-11,13H,12H2,1-2H3,(H,18,19). The molecule has 2 nitrogen and oxygen atoms in total. The molecule has 0 unspecified atom stereocenters. The first-order valence-electron chi connectivity index (χ1n) is 6.73. The summed E-state index contributed by atoms with van der Waals surface area (Å²) in [5, 5.41) is 2.88. The third-order valence-electron chi connectivity index (χ3n) is 2.97. The molecule has 0 bridgehead atoms. The van der Waals surface area contributed by atoms with E-state index in [0.717, 1.165) is 10.6 Å². The molecule has 2 aromatic rings. The van der Waals surface area contributed by atoms with Gasteiger partial charge in [0.2, 0.25) is 5.91 Å². The van der Waals surface area contributed by atoms with E-state index in [1.165, 1.54) is 5.56 Å². The van der Waals surface area contributed by atoms with Gasteiger partial charge in [0.05, 0.1) is 5.75 Å². The number of amides is 1. The van der Waals surface area contributed by atoms with Crippen LogP contribution in [0, 0.1) is 0 Å². The van der Waals surface area contributed by atoms with Gasteiger partial charge >= 0.3 is 0 Å². The largest absolute Gasteiger partial charge is 0.325 e. The van der Waals surface area contributed by atoms with Gasteiger partial charge in [-0.05, 0) is 35.7 Å². The molecule has 0 saturated heterocycles. The van der Waals surface area contributed by atoms with E-state index in [1.807, 2.05) is 30.3 Å². The molecule has 0 aliphatic heterocycles. The number of benzene rings is 2. The topological polar surface area (TPSA) is 29.1 Å². The zero-order chi connectivity index (χ0) is 14.4. The van der Waals surface area contributed by atoms with Gasteiger partial charge in [-0.25, -0.2) is 0 Å². The second kappa shape index (κ2) is 7.15. The minimum Gasteiger partial charge on any atom is -0.325 e. The van der Waals surface area contributed by atoms with Gasteiger partial charge in [0.25, 0.3) is 0 Å². The molecule has 104 valence electrons. The summed E-state index contributed by atoms with van der Waals surface area (Å²) < 4.78 is 0. The molecular weight excluding hydrogens is 266 g/mol. The SMILES string of the molecule is CC(C)c1ccc(SCC(=O)Nc2ccccc2)cc1. The van der Waals surface area contributed by atoms with Crippen LogP contribution in [0.4, 0.5) is 5.69 Å². The highest BCUT2D eigenvalue weighted by Gasteiger charge is 2.04.